The van der Waals surface area contributed by atoms with Crippen molar-refractivity contribution in [3.63, 3.8) is 0 Å². The van der Waals surface area contributed by atoms with Gasteiger partial charge in [0.1, 0.15) is 0 Å². The van der Waals surface area contributed by atoms with E-state index in [1.807, 2.05) is 26.0 Å². The number of anilines is 1. The molecule has 3 aliphatic rings. The quantitative estimate of drug-likeness (QED) is 0.892. The van der Waals surface area contributed by atoms with E-state index in [0.717, 1.165) is 23.4 Å². The van der Waals surface area contributed by atoms with Crippen LogP contribution in [0.25, 0.3) is 0 Å². The summed E-state index contributed by atoms with van der Waals surface area (Å²) in [5, 5.41) is 2.85. The smallest absolute Gasteiger partial charge is 0.257 e. The number of fused-ring (bicyclic) bond motifs is 2. The molecule has 1 aromatic rings. The molecule has 0 saturated heterocycles. The van der Waals surface area contributed by atoms with Crippen molar-refractivity contribution in [3.05, 3.63) is 63.7 Å². The van der Waals surface area contributed by atoms with Crippen molar-refractivity contribution in [3.8, 4) is 0 Å². The van der Waals surface area contributed by atoms with Gasteiger partial charge in [-0.1, -0.05) is 6.08 Å². The van der Waals surface area contributed by atoms with Crippen LogP contribution in [0.2, 0.25) is 0 Å². The second-order valence-corrected chi connectivity index (χ2v) is 5.30. The van der Waals surface area contributed by atoms with Gasteiger partial charge in [-0.05, 0) is 54.7 Å². The summed E-state index contributed by atoms with van der Waals surface area (Å²) in [5.41, 5.74) is 7.33. The molecule has 0 atom stereocenters. The Kier molecular flexibility index (Phi) is 2.13. The normalized spacial score (nSPS) is 18.2. The van der Waals surface area contributed by atoms with Crippen LogP contribution in [0, 0.1) is 13.8 Å². The Hall–Kier alpha value is -2.49. The van der Waals surface area contributed by atoms with Gasteiger partial charge in [-0.25, -0.2) is 4.98 Å². The molecule has 4 rings (SSSR count). The summed E-state index contributed by atoms with van der Waals surface area (Å²) >= 11 is 0. The van der Waals surface area contributed by atoms with Gasteiger partial charge in [0.2, 0.25) is 0 Å². The molecule has 1 heterocycles. The van der Waals surface area contributed by atoms with Crippen LogP contribution in [0.5, 0.6) is 0 Å². The molecule has 0 spiro atoms. The van der Waals surface area contributed by atoms with E-state index < -0.39 is 0 Å². The lowest BCUT2D eigenvalue weighted by Crippen LogP contribution is -2.16. The molecule has 0 radical (unpaired) electrons. The number of carbonyl (C=O) groups excluding carboxylic acids is 1. The number of rotatable bonds is 2. The molecular formula is C16H13N3O. The number of nitrogens with one attached hydrogen (secondary N) is 1. The van der Waals surface area contributed by atoms with Crippen molar-refractivity contribution < 1.29 is 4.79 Å². The van der Waals surface area contributed by atoms with Crippen LogP contribution < -0.4 is 5.32 Å². The summed E-state index contributed by atoms with van der Waals surface area (Å²) in [6.07, 6.45) is 8.78. The Morgan fingerprint density at radius 2 is 2.10 bits per heavy atom. The SMILES string of the molecule is Cc1cnc(NC(=O)C2=C3C=C4CC4=C3C=C2)c(C)n1. The van der Waals surface area contributed by atoms with E-state index in [2.05, 4.69) is 21.4 Å². The summed E-state index contributed by atoms with van der Waals surface area (Å²) in [5.74, 6) is 0.408. The van der Waals surface area contributed by atoms with Crippen molar-refractivity contribution in [2.75, 3.05) is 5.32 Å². The summed E-state index contributed by atoms with van der Waals surface area (Å²) < 4.78 is 0. The fourth-order valence-electron chi connectivity index (χ4n) is 2.73. The lowest BCUT2D eigenvalue weighted by molar-refractivity contribution is -0.112. The molecule has 98 valence electrons. The van der Waals surface area contributed by atoms with E-state index in [9.17, 15) is 4.79 Å². The van der Waals surface area contributed by atoms with Gasteiger partial charge in [-0.15, -0.1) is 0 Å². The molecule has 0 aromatic carbocycles. The molecule has 0 aliphatic heterocycles. The minimum atomic E-state index is -0.119. The molecule has 1 N–H and O–H groups in total. The molecular weight excluding hydrogens is 250 g/mol. The Labute approximate surface area is 116 Å². The van der Waals surface area contributed by atoms with Crippen molar-refractivity contribution in [2.24, 2.45) is 0 Å². The first kappa shape index (κ1) is 11.3. The standard InChI is InChI=1S/C16H13N3O/c1-8-7-17-15(9(2)18-8)19-16(20)12-4-3-11-13-5-10(13)6-14(11)12/h3-4,6-7H,5H2,1-2H3,(H,17,19,20). The van der Waals surface area contributed by atoms with Crippen LogP contribution in [0.1, 0.15) is 17.8 Å². The highest BCUT2D eigenvalue weighted by atomic mass is 16.1. The maximum atomic E-state index is 12.4. The van der Waals surface area contributed by atoms with Gasteiger partial charge in [0.05, 0.1) is 17.6 Å². The van der Waals surface area contributed by atoms with Gasteiger partial charge >= 0.3 is 0 Å². The maximum Gasteiger partial charge on any atom is 0.257 e. The van der Waals surface area contributed by atoms with E-state index >= 15 is 0 Å². The minimum absolute atomic E-state index is 0.119. The lowest BCUT2D eigenvalue weighted by Gasteiger charge is -2.08. The highest BCUT2D eigenvalue weighted by molar-refractivity contribution is 6.09. The Morgan fingerprint density at radius 1 is 1.25 bits per heavy atom. The summed E-state index contributed by atoms with van der Waals surface area (Å²) in [6, 6.07) is 0. The number of aryl methyl sites for hydroxylation is 2. The molecule has 20 heavy (non-hydrogen) atoms. The van der Waals surface area contributed by atoms with Crippen LogP contribution in [-0.4, -0.2) is 15.9 Å². The van der Waals surface area contributed by atoms with Crippen LogP contribution in [0.4, 0.5) is 5.82 Å². The highest BCUT2D eigenvalue weighted by Gasteiger charge is 2.35. The predicted octanol–water partition coefficient (Wildman–Crippen LogP) is 2.54. The zero-order valence-corrected chi connectivity index (χ0v) is 11.3. The average Bonchev–Trinajstić information content (AvgIpc) is 2.89. The maximum absolute atomic E-state index is 12.4. The summed E-state index contributed by atoms with van der Waals surface area (Å²) in [7, 11) is 0. The van der Waals surface area contributed by atoms with Crippen LogP contribution in [0.3, 0.4) is 0 Å². The molecule has 0 unspecified atom stereocenters. The number of hydrogen-bond acceptors (Lipinski definition) is 3. The molecule has 4 heteroatoms. The number of hydrogen-bond donors (Lipinski definition) is 1. The van der Waals surface area contributed by atoms with Gasteiger partial charge in [-0.2, -0.15) is 0 Å². The fourth-order valence-corrected chi connectivity index (χ4v) is 2.73. The zero-order valence-electron chi connectivity index (χ0n) is 11.3. The zero-order chi connectivity index (χ0) is 13.9. The first-order valence-corrected chi connectivity index (χ1v) is 6.62. The van der Waals surface area contributed by atoms with E-state index in [1.54, 1.807) is 6.20 Å². The third kappa shape index (κ3) is 1.58. The van der Waals surface area contributed by atoms with Crippen LogP contribution in [-0.2, 0) is 4.79 Å². The van der Waals surface area contributed by atoms with Gasteiger partial charge in [0.15, 0.2) is 5.82 Å². The van der Waals surface area contributed by atoms with E-state index in [0.29, 0.717) is 11.4 Å². The van der Waals surface area contributed by atoms with Gasteiger partial charge < -0.3 is 5.32 Å². The van der Waals surface area contributed by atoms with Crippen molar-refractivity contribution in [2.45, 2.75) is 20.3 Å². The van der Waals surface area contributed by atoms with E-state index in [-0.39, 0.29) is 5.91 Å². The molecule has 0 bridgehead atoms. The number of allylic oxidation sites excluding steroid dienone is 6. The molecule has 1 saturated carbocycles. The minimum Gasteiger partial charge on any atom is -0.305 e. The van der Waals surface area contributed by atoms with E-state index in [4.69, 9.17) is 0 Å². The monoisotopic (exact) mass is 263 g/mol. The Bertz CT molecular complexity index is 794. The molecule has 1 aromatic heterocycles. The molecule has 1 amide bonds. The second-order valence-electron chi connectivity index (χ2n) is 5.30. The topological polar surface area (TPSA) is 54.9 Å². The van der Waals surface area contributed by atoms with Crippen molar-refractivity contribution in [1.82, 2.24) is 9.97 Å². The summed E-state index contributed by atoms with van der Waals surface area (Å²) in [4.78, 5) is 20.9. The fraction of sp³-hybridized carbons (Fsp3) is 0.188. The second kappa shape index (κ2) is 3.76. The number of carbonyl (C=O) groups is 1. The van der Waals surface area contributed by atoms with Gasteiger partial charge in [0, 0.05) is 5.57 Å². The number of amides is 1. The molecule has 1 fully saturated rings. The molecule has 4 nitrogen and oxygen atoms in total. The third-order valence-electron chi connectivity index (χ3n) is 3.81. The third-order valence-corrected chi connectivity index (χ3v) is 3.81. The lowest BCUT2D eigenvalue weighted by atomic mass is 10.1. The highest BCUT2D eigenvalue weighted by Crippen LogP contribution is 2.51. The van der Waals surface area contributed by atoms with E-state index in [1.165, 1.54) is 16.7 Å². The Morgan fingerprint density at radius 3 is 2.90 bits per heavy atom. The number of aromatic nitrogens is 2. The first-order valence-electron chi connectivity index (χ1n) is 6.62. The average molecular weight is 263 g/mol. The van der Waals surface area contributed by atoms with Crippen molar-refractivity contribution >= 4 is 11.7 Å². The van der Waals surface area contributed by atoms with Crippen LogP contribution >= 0.6 is 0 Å². The van der Waals surface area contributed by atoms with Crippen molar-refractivity contribution in [1.29, 1.82) is 0 Å². The van der Waals surface area contributed by atoms with Gasteiger partial charge in [-0.3, -0.25) is 9.78 Å². The predicted molar refractivity (Wildman–Crippen MR) is 76.0 cm³/mol. The number of nitrogens with zero attached hydrogens (tertiary/aromatic N) is 2. The first-order chi connectivity index (χ1) is 9.63. The van der Waals surface area contributed by atoms with Crippen LogP contribution in [0.15, 0.2) is 52.3 Å². The van der Waals surface area contributed by atoms with Gasteiger partial charge in [0.25, 0.3) is 5.91 Å². The summed E-state index contributed by atoms with van der Waals surface area (Å²) in [6.45, 7) is 3.73. The Balaban J connectivity index is 1.64. The molecule has 3 aliphatic carbocycles. The largest absolute Gasteiger partial charge is 0.305 e.